The third kappa shape index (κ3) is 2.59. The second-order valence-electron chi connectivity index (χ2n) is 0.961. The Bertz CT molecular complexity index is 178. The van der Waals surface area contributed by atoms with Gasteiger partial charge in [0, 0.05) is 0 Å². The minimum absolute atomic E-state index is 0.596. The van der Waals surface area contributed by atoms with Crippen LogP contribution in [0.2, 0.25) is 0 Å². The number of aliphatic carboxylic acids is 1. The Morgan fingerprint density at radius 1 is 1.75 bits per heavy atom. The average molecular weight is 134 g/mol. The van der Waals surface area contributed by atoms with Crippen LogP contribution in [-0.2, 0) is 9.36 Å². The van der Waals surface area contributed by atoms with Gasteiger partial charge in [-0.3, -0.25) is 0 Å². The topological polar surface area (TPSA) is 74.6 Å². The second-order valence-corrected chi connectivity index (χ2v) is 1.40. The van der Waals surface area contributed by atoms with Crippen molar-refractivity contribution in [3.8, 4) is 5.63 Å². The summed E-state index contributed by atoms with van der Waals surface area (Å²) < 4.78 is 9.48. The van der Waals surface area contributed by atoms with E-state index in [4.69, 9.17) is 10.2 Å². The van der Waals surface area contributed by atoms with Crippen molar-refractivity contribution >= 4 is 13.9 Å². The fourth-order valence-electron chi connectivity index (χ4n) is 0.105. The number of rotatable bonds is 1. The Hall–Kier alpha value is -0.560. The number of hydrogen-bond acceptors (Lipinski definition) is 3. The molecule has 0 bridgehead atoms. The van der Waals surface area contributed by atoms with Gasteiger partial charge in [0.25, 0.3) is 0 Å². The van der Waals surface area contributed by atoms with Gasteiger partial charge in [-0.2, -0.15) is 0 Å². The molecule has 0 aromatic carbocycles. The van der Waals surface area contributed by atoms with Crippen molar-refractivity contribution in [1.82, 2.24) is 0 Å². The van der Waals surface area contributed by atoms with Gasteiger partial charge < -0.3 is 0 Å². The molecule has 0 fully saturated rings. The van der Waals surface area contributed by atoms with Crippen LogP contribution in [0.1, 0.15) is 0 Å². The van der Waals surface area contributed by atoms with Gasteiger partial charge in [-0.1, -0.05) is 0 Å². The van der Waals surface area contributed by atoms with Gasteiger partial charge >= 0.3 is 45.2 Å². The first-order chi connectivity index (χ1) is 3.68. The van der Waals surface area contributed by atoms with Crippen molar-refractivity contribution in [3.63, 3.8) is 0 Å². The van der Waals surface area contributed by atoms with E-state index in [1.165, 1.54) is 0 Å². The Balaban J connectivity index is 3.96. The molecule has 1 unspecified atom stereocenters. The quantitative estimate of drug-likeness (QED) is 0.482. The molecule has 8 heavy (non-hydrogen) atoms. The molecule has 1 atom stereocenters. The number of carboxylic acid groups (broad SMARTS) is 1. The van der Waals surface area contributed by atoms with Crippen LogP contribution in [0.3, 0.4) is 0 Å². The molecule has 0 heterocycles. The molecule has 0 rings (SSSR count). The van der Waals surface area contributed by atoms with Crippen LogP contribution >= 0.6 is 7.92 Å². The van der Waals surface area contributed by atoms with Crippen molar-refractivity contribution in [2.24, 2.45) is 0 Å². The number of hydrogen-bond donors (Lipinski definition) is 2. The first kappa shape index (κ1) is 7.44. The SMILES string of the molecule is O=P#CC(O)C(=O)O. The zero-order valence-corrected chi connectivity index (χ0v) is 4.63. The van der Waals surface area contributed by atoms with Crippen LogP contribution in [0.5, 0.6) is 0 Å². The Labute approximate surface area is 46.3 Å². The second kappa shape index (κ2) is 3.44. The number of aliphatic hydroxyl groups is 1. The first-order valence-corrected chi connectivity index (χ1v) is 2.48. The summed E-state index contributed by atoms with van der Waals surface area (Å²) in [6, 6.07) is 0. The molecule has 0 radical (unpaired) electrons. The molecule has 0 spiro atoms. The summed E-state index contributed by atoms with van der Waals surface area (Å²) in [5.74, 6) is -1.45. The maximum absolute atomic E-state index is 9.63. The zero-order chi connectivity index (χ0) is 6.57. The molecule has 44 valence electrons. The summed E-state index contributed by atoms with van der Waals surface area (Å²) in [4.78, 5) is 9.63. The summed E-state index contributed by atoms with van der Waals surface area (Å²) in [7, 11) is -0.596. The molecule has 2 N–H and O–H groups in total. The molecule has 0 saturated carbocycles. The normalized spacial score (nSPS) is 11.6. The summed E-state index contributed by atoms with van der Waals surface area (Å²) in [6.45, 7) is 0. The summed E-state index contributed by atoms with van der Waals surface area (Å²) in [5, 5.41) is 16.1. The standard InChI is InChI=1S/C3H3O4P/c4-2(1-8-7)3(5)6/h2,4H,(H,5,6). The van der Waals surface area contributed by atoms with Crippen LogP contribution in [0.25, 0.3) is 0 Å². The van der Waals surface area contributed by atoms with E-state index in [9.17, 15) is 9.36 Å². The fourth-order valence-corrected chi connectivity index (χ4v) is 0.315. The zero-order valence-electron chi connectivity index (χ0n) is 3.74. The summed E-state index contributed by atoms with van der Waals surface area (Å²) >= 11 is 0. The average Bonchev–Trinajstić information content (AvgIpc) is 1.67. The minimum atomic E-state index is -1.74. The van der Waals surface area contributed by atoms with Crippen molar-refractivity contribution in [2.75, 3.05) is 0 Å². The molecule has 0 aromatic rings. The maximum atomic E-state index is 9.63. The van der Waals surface area contributed by atoms with E-state index >= 15 is 0 Å². The number of carboxylic acids is 1. The van der Waals surface area contributed by atoms with Crippen LogP contribution < -0.4 is 0 Å². The van der Waals surface area contributed by atoms with E-state index in [1.807, 2.05) is 0 Å². The van der Waals surface area contributed by atoms with Crippen molar-refractivity contribution in [1.29, 1.82) is 0 Å². The predicted octanol–water partition coefficient (Wildman–Crippen LogP) is -0.317. The van der Waals surface area contributed by atoms with E-state index in [0.717, 1.165) is 0 Å². The van der Waals surface area contributed by atoms with Crippen LogP contribution in [0.15, 0.2) is 0 Å². The molecule has 0 aromatic heterocycles. The van der Waals surface area contributed by atoms with Crippen molar-refractivity contribution < 1.29 is 19.6 Å². The Morgan fingerprint density at radius 3 is 2.38 bits per heavy atom. The van der Waals surface area contributed by atoms with Crippen LogP contribution in [0.4, 0.5) is 0 Å². The van der Waals surface area contributed by atoms with E-state index in [1.54, 1.807) is 5.63 Å². The molecule has 0 aliphatic heterocycles. The molecule has 0 amide bonds. The summed E-state index contributed by atoms with van der Waals surface area (Å²) in [5.41, 5.74) is 1.72. The van der Waals surface area contributed by atoms with Gasteiger partial charge in [-0.25, -0.2) is 0 Å². The van der Waals surface area contributed by atoms with Crippen molar-refractivity contribution in [3.05, 3.63) is 0 Å². The number of carbonyl (C=O) groups is 1. The molecule has 4 nitrogen and oxygen atoms in total. The van der Waals surface area contributed by atoms with Gasteiger partial charge in [-0.15, -0.1) is 0 Å². The molecular weight excluding hydrogens is 131 g/mol. The van der Waals surface area contributed by atoms with E-state index < -0.39 is 20.0 Å². The molecule has 0 saturated heterocycles. The molecule has 0 aliphatic carbocycles. The van der Waals surface area contributed by atoms with Crippen molar-refractivity contribution in [2.45, 2.75) is 6.10 Å². The van der Waals surface area contributed by atoms with Crippen LogP contribution in [0, 0.1) is 5.63 Å². The Morgan fingerprint density at radius 2 is 2.25 bits per heavy atom. The molecule has 5 heteroatoms. The van der Waals surface area contributed by atoms with Gasteiger partial charge in [-0.05, 0) is 0 Å². The van der Waals surface area contributed by atoms with Crippen LogP contribution in [-0.4, -0.2) is 22.3 Å². The van der Waals surface area contributed by atoms with Gasteiger partial charge in [0.2, 0.25) is 0 Å². The van der Waals surface area contributed by atoms with E-state index in [2.05, 4.69) is 0 Å². The third-order valence-corrected chi connectivity index (χ3v) is 0.759. The van der Waals surface area contributed by atoms with Gasteiger partial charge in [0.05, 0.1) is 0 Å². The Kier molecular flexibility index (Phi) is 3.20. The molecular formula is C3H3O4P. The predicted molar refractivity (Wildman–Crippen MR) is 25.1 cm³/mol. The van der Waals surface area contributed by atoms with Gasteiger partial charge in [0.15, 0.2) is 0 Å². The summed E-state index contributed by atoms with van der Waals surface area (Å²) in [6.07, 6.45) is -1.74. The number of aliphatic hydroxyl groups excluding tert-OH is 1. The monoisotopic (exact) mass is 134 g/mol. The third-order valence-electron chi connectivity index (χ3n) is 0.409. The molecule has 0 aliphatic rings. The fraction of sp³-hybridized carbons (Fsp3) is 0.333. The van der Waals surface area contributed by atoms with Gasteiger partial charge in [0.1, 0.15) is 0 Å². The van der Waals surface area contributed by atoms with E-state index in [-0.39, 0.29) is 0 Å². The first-order valence-electron chi connectivity index (χ1n) is 1.67. The van der Waals surface area contributed by atoms with E-state index in [0.29, 0.717) is 0 Å².